The Morgan fingerprint density at radius 1 is 0.955 bits per heavy atom. The number of allylic oxidation sites excluding steroid dienone is 1. The molecule has 0 saturated carbocycles. The monoisotopic (exact) mass is 312 g/mol. The summed E-state index contributed by atoms with van der Waals surface area (Å²) >= 11 is 0. The van der Waals surface area contributed by atoms with Crippen molar-refractivity contribution in [1.29, 1.82) is 0 Å². The number of carbonyl (C=O) groups is 1. The van der Waals surface area contributed by atoms with Gasteiger partial charge >= 0.3 is 5.97 Å². The van der Waals surface area contributed by atoms with Crippen LogP contribution in [0.15, 0.2) is 12.2 Å². The molecule has 2 N–H and O–H groups in total. The maximum Gasteiger partial charge on any atom is 0.306 e. The summed E-state index contributed by atoms with van der Waals surface area (Å²) in [5.41, 5.74) is 0. The highest BCUT2D eigenvalue weighted by Crippen LogP contribution is 2.12. The standard InChI is InChI=1S/C19H36O3/c1-3-4-5-12-15-18(20)16-13-10-8-6-7-9-11-14-17(2)19(21)22/h10,13,17-18,20H,3-9,11-12,14-16H2,1-2H3,(H,21,22)/b13-10-. The minimum Gasteiger partial charge on any atom is -0.481 e. The second-order valence-corrected chi connectivity index (χ2v) is 6.44. The first-order valence-corrected chi connectivity index (χ1v) is 9.13. The van der Waals surface area contributed by atoms with Gasteiger partial charge in [-0.1, -0.05) is 70.9 Å². The van der Waals surface area contributed by atoms with Gasteiger partial charge < -0.3 is 10.2 Å². The van der Waals surface area contributed by atoms with Crippen LogP contribution in [0.3, 0.4) is 0 Å². The minimum absolute atomic E-state index is 0.175. The Kier molecular flexibility index (Phi) is 14.5. The van der Waals surface area contributed by atoms with Crippen LogP contribution in [0, 0.1) is 5.92 Å². The van der Waals surface area contributed by atoms with Crippen LogP contribution in [0.4, 0.5) is 0 Å². The molecule has 2 atom stereocenters. The molecule has 0 aliphatic rings. The van der Waals surface area contributed by atoms with E-state index in [0.717, 1.165) is 57.8 Å². The van der Waals surface area contributed by atoms with Gasteiger partial charge in [0.05, 0.1) is 12.0 Å². The first-order chi connectivity index (χ1) is 10.6. The molecule has 0 amide bonds. The summed E-state index contributed by atoms with van der Waals surface area (Å²) < 4.78 is 0. The van der Waals surface area contributed by atoms with Gasteiger partial charge in [0.25, 0.3) is 0 Å². The summed E-state index contributed by atoms with van der Waals surface area (Å²) in [5, 5.41) is 18.6. The first kappa shape index (κ1) is 21.2. The van der Waals surface area contributed by atoms with Gasteiger partial charge in [0.1, 0.15) is 0 Å². The molecule has 0 bridgehead atoms. The van der Waals surface area contributed by atoms with Crippen molar-refractivity contribution in [2.45, 2.75) is 97.0 Å². The molecule has 0 spiro atoms. The molecule has 22 heavy (non-hydrogen) atoms. The second kappa shape index (κ2) is 15.1. The molecule has 0 rings (SSSR count). The van der Waals surface area contributed by atoms with Gasteiger partial charge in [-0.05, 0) is 32.1 Å². The molecular formula is C19H36O3. The smallest absolute Gasteiger partial charge is 0.306 e. The van der Waals surface area contributed by atoms with E-state index in [2.05, 4.69) is 19.1 Å². The van der Waals surface area contributed by atoms with Crippen LogP contribution in [0.1, 0.15) is 90.9 Å². The van der Waals surface area contributed by atoms with Crippen molar-refractivity contribution in [2.75, 3.05) is 0 Å². The van der Waals surface area contributed by atoms with Crippen molar-refractivity contribution in [3.63, 3.8) is 0 Å². The summed E-state index contributed by atoms with van der Waals surface area (Å²) in [7, 11) is 0. The third-order valence-electron chi connectivity index (χ3n) is 4.15. The zero-order chi connectivity index (χ0) is 16.6. The molecule has 3 heteroatoms. The molecule has 0 saturated heterocycles. The number of carboxylic acid groups (broad SMARTS) is 1. The van der Waals surface area contributed by atoms with Crippen molar-refractivity contribution in [2.24, 2.45) is 5.92 Å². The van der Waals surface area contributed by atoms with E-state index in [0.29, 0.717) is 0 Å². The van der Waals surface area contributed by atoms with Gasteiger partial charge in [-0.3, -0.25) is 4.79 Å². The zero-order valence-electron chi connectivity index (χ0n) is 14.6. The molecule has 2 unspecified atom stereocenters. The number of aliphatic hydroxyl groups excluding tert-OH is 1. The van der Waals surface area contributed by atoms with Crippen LogP contribution in [0.2, 0.25) is 0 Å². The average molecular weight is 312 g/mol. The van der Waals surface area contributed by atoms with Crippen LogP contribution >= 0.6 is 0 Å². The van der Waals surface area contributed by atoms with Gasteiger partial charge in [-0.25, -0.2) is 0 Å². The van der Waals surface area contributed by atoms with Gasteiger partial charge in [-0.15, -0.1) is 0 Å². The molecule has 3 nitrogen and oxygen atoms in total. The highest BCUT2D eigenvalue weighted by Gasteiger charge is 2.09. The van der Waals surface area contributed by atoms with Crippen molar-refractivity contribution >= 4 is 5.97 Å². The van der Waals surface area contributed by atoms with Crippen LogP contribution in [0.5, 0.6) is 0 Å². The molecule has 0 aliphatic heterocycles. The molecule has 0 radical (unpaired) electrons. The second-order valence-electron chi connectivity index (χ2n) is 6.44. The maximum atomic E-state index is 10.7. The van der Waals surface area contributed by atoms with Crippen LogP contribution in [-0.2, 0) is 4.79 Å². The van der Waals surface area contributed by atoms with Gasteiger partial charge in [0, 0.05) is 0 Å². The Labute approximate surface area is 136 Å². The molecule has 0 aromatic heterocycles. The molecule has 0 fully saturated rings. The molecule has 0 heterocycles. The van der Waals surface area contributed by atoms with Crippen LogP contribution < -0.4 is 0 Å². The Morgan fingerprint density at radius 2 is 1.59 bits per heavy atom. The maximum absolute atomic E-state index is 10.7. The van der Waals surface area contributed by atoms with E-state index in [-0.39, 0.29) is 12.0 Å². The van der Waals surface area contributed by atoms with Gasteiger partial charge in [-0.2, -0.15) is 0 Å². The number of unbranched alkanes of at least 4 members (excludes halogenated alkanes) is 7. The lowest BCUT2D eigenvalue weighted by Crippen LogP contribution is -2.08. The molecular weight excluding hydrogens is 276 g/mol. The summed E-state index contributed by atoms with van der Waals surface area (Å²) in [6.07, 6.45) is 17.0. The van der Waals surface area contributed by atoms with Gasteiger partial charge in [0.2, 0.25) is 0 Å². The SMILES string of the molecule is CCCCCCC(O)C/C=C\CCCCCCC(C)C(=O)O. The normalized spacial score (nSPS) is 14.3. The van der Waals surface area contributed by atoms with Crippen molar-refractivity contribution in [3.05, 3.63) is 12.2 Å². The van der Waals surface area contributed by atoms with E-state index >= 15 is 0 Å². The lowest BCUT2D eigenvalue weighted by Gasteiger charge is -2.07. The molecule has 0 aliphatic carbocycles. The van der Waals surface area contributed by atoms with Gasteiger partial charge in [0.15, 0.2) is 0 Å². The largest absolute Gasteiger partial charge is 0.481 e. The van der Waals surface area contributed by atoms with Crippen molar-refractivity contribution in [3.8, 4) is 0 Å². The summed E-state index contributed by atoms with van der Waals surface area (Å²) in [6.45, 7) is 3.98. The minimum atomic E-state index is -0.684. The summed E-state index contributed by atoms with van der Waals surface area (Å²) in [5.74, 6) is -0.894. The number of hydrogen-bond acceptors (Lipinski definition) is 2. The first-order valence-electron chi connectivity index (χ1n) is 9.13. The van der Waals surface area contributed by atoms with E-state index < -0.39 is 5.97 Å². The number of aliphatic hydroxyl groups is 1. The van der Waals surface area contributed by atoms with E-state index in [1.54, 1.807) is 6.92 Å². The molecule has 0 aromatic rings. The number of aliphatic carboxylic acids is 1. The fourth-order valence-corrected chi connectivity index (χ4v) is 2.49. The van der Waals surface area contributed by atoms with Crippen molar-refractivity contribution in [1.82, 2.24) is 0 Å². The lowest BCUT2D eigenvalue weighted by molar-refractivity contribution is -0.141. The highest BCUT2D eigenvalue weighted by atomic mass is 16.4. The third-order valence-corrected chi connectivity index (χ3v) is 4.15. The number of hydrogen-bond donors (Lipinski definition) is 2. The lowest BCUT2D eigenvalue weighted by atomic mass is 10.0. The Bertz CT molecular complexity index is 286. The van der Waals surface area contributed by atoms with Crippen LogP contribution in [0.25, 0.3) is 0 Å². The van der Waals surface area contributed by atoms with E-state index in [1.165, 1.54) is 19.3 Å². The topological polar surface area (TPSA) is 57.5 Å². The Balaban J connectivity index is 3.34. The van der Waals surface area contributed by atoms with Crippen LogP contribution in [-0.4, -0.2) is 22.3 Å². The van der Waals surface area contributed by atoms with E-state index in [1.807, 2.05) is 0 Å². The Hall–Kier alpha value is -0.830. The average Bonchev–Trinajstić information content (AvgIpc) is 2.49. The zero-order valence-corrected chi connectivity index (χ0v) is 14.6. The number of carboxylic acids is 1. The number of rotatable bonds is 15. The summed E-state index contributed by atoms with van der Waals surface area (Å²) in [6, 6.07) is 0. The van der Waals surface area contributed by atoms with E-state index in [4.69, 9.17) is 5.11 Å². The predicted molar refractivity (Wildman–Crippen MR) is 93.0 cm³/mol. The predicted octanol–water partition coefficient (Wildman–Crippen LogP) is 5.33. The fourth-order valence-electron chi connectivity index (χ4n) is 2.49. The highest BCUT2D eigenvalue weighted by molar-refractivity contribution is 5.69. The third kappa shape index (κ3) is 14.1. The Morgan fingerprint density at radius 3 is 2.27 bits per heavy atom. The summed E-state index contributed by atoms with van der Waals surface area (Å²) in [4.78, 5) is 10.7. The van der Waals surface area contributed by atoms with Crippen molar-refractivity contribution < 1.29 is 15.0 Å². The fraction of sp³-hybridized carbons (Fsp3) is 0.842. The van der Waals surface area contributed by atoms with E-state index in [9.17, 15) is 9.90 Å². The quantitative estimate of drug-likeness (QED) is 0.317. The molecule has 130 valence electrons. The molecule has 0 aromatic carbocycles.